The highest BCUT2D eigenvalue weighted by atomic mass is 32.1. The molecular formula is C11H15NOS. The Hall–Kier alpha value is -1.09. The molecule has 0 saturated heterocycles. The summed E-state index contributed by atoms with van der Waals surface area (Å²) >= 11 is 5.05. The first kappa shape index (κ1) is 11.0. The first-order valence-electron chi connectivity index (χ1n) is 4.52. The minimum atomic E-state index is -0.251. The van der Waals surface area contributed by atoms with Crippen molar-refractivity contribution in [2.75, 3.05) is 5.32 Å². The highest BCUT2D eigenvalue weighted by Gasteiger charge is 2.13. The lowest BCUT2D eigenvalue weighted by molar-refractivity contribution is 0.121. The third-order valence-corrected chi connectivity index (χ3v) is 1.60. The molecule has 3 heteroatoms. The molecule has 0 radical (unpaired) electrons. The Kier molecular flexibility index (Phi) is 3.47. The Balaban J connectivity index is 2.50. The van der Waals surface area contributed by atoms with Crippen molar-refractivity contribution in [3.8, 4) is 0 Å². The summed E-state index contributed by atoms with van der Waals surface area (Å²) in [6, 6.07) is 9.74. The van der Waals surface area contributed by atoms with Gasteiger partial charge in [-0.1, -0.05) is 18.2 Å². The fourth-order valence-corrected chi connectivity index (χ4v) is 1.31. The van der Waals surface area contributed by atoms with Gasteiger partial charge in [0.2, 0.25) is 0 Å². The summed E-state index contributed by atoms with van der Waals surface area (Å²) in [5, 5.41) is 3.41. The molecule has 0 spiro atoms. The third-order valence-electron chi connectivity index (χ3n) is 1.42. The van der Waals surface area contributed by atoms with Crippen LogP contribution < -0.4 is 5.32 Å². The van der Waals surface area contributed by atoms with Crippen molar-refractivity contribution in [1.29, 1.82) is 0 Å². The van der Waals surface area contributed by atoms with E-state index in [0.29, 0.717) is 5.17 Å². The van der Waals surface area contributed by atoms with Crippen LogP contribution in [0.4, 0.5) is 5.69 Å². The number of thiocarbonyl (C=S) groups is 1. The van der Waals surface area contributed by atoms with Gasteiger partial charge in [-0.05, 0) is 45.1 Å². The number of rotatable bonds is 1. The van der Waals surface area contributed by atoms with Crippen LogP contribution in [-0.4, -0.2) is 10.8 Å². The van der Waals surface area contributed by atoms with Crippen LogP contribution in [0.2, 0.25) is 0 Å². The summed E-state index contributed by atoms with van der Waals surface area (Å²) in [7, 11) is 0. The van der Waals surface area contributed by atoms with E-state index in [2.05, 4.69) is 5.32 Å². The molecule has 76 valence electrons. The molecule has 0 bridgehead atoms. The van der Waals surface area contributed by atoms with Gasteiger partial charge in [-0.15, -0.1) is 0 Å². The van der Waals surface area contributed by atoms with E-state index in [9.17, 15) is 0 Å². The molecule has 2 nitrogen and oxygen atoms in total. The minimum Gasteiger partial charge on any atom is -0.465 e. The molecule has 1 N–H and O–H groups in total. The van der Waals surface area contributed by atoms with Gasteiger partial charge in [0.05, 0.1) is 0 Å². The van der Waals surface area contributed by atoms with Gasteiger partial charge in [0, 0.05) is 5.69 Å². The number of ether oxygens (including phenoxy) is 1. The van der Waals surface area contributed by atoms with Crippen molar-refractivity contribution in [3.05, 3.63) is 30.3 Å². The zero-order chi connectivity index (χ0) is 10.6. The zero-order valence-corrected chi connectivity index (χ0v) is 9.52. The molecule has 1 rings (SSSR count). The normalized spacial score (nSPS) is 10.8. The summed E-state index contributed by atoms with van der Waals surface area (Å²) in [6.07, 6.45) is 0. The Bertz CT molecular complexity index is 303. The lowest BCUT2D eigenvalue weighted by Crippen LogP contribution is -2.26. The summed E-state index contributed by atoms with van der Waals surface area (Å²) < 4.78 is 5.46. The van der Waals surface area contributed by atoms with Crippen LogP contribution >= 0.6 is 12.2 Å². The van der Waals surface area contributed by atoms with Crippen molar-refractivity contribution < 1.29 is 4.74 Å². The lowest BCUT2D eigenvalue weighted by atomic mass is 10.2. The Morgan fingerprint density at radius 3 is 2.29 bits per heavy atom. The highest BCUT2D eigenvalue weighted by Crippen LogP contribution is 2.11. The molecule has 0 heterocycles. The Morgan fingerprint density at radius 1 is 1.21 bits per heavy atom. The number of anilines is 1. The molecular weight excluding hydrogens is 194 g/mol. The predicted octanol–water partition coefficient (Wildman–Crippen LogP) is 3.20. The second-order valence-electron chi connectivity index (χ2n) is 3.99. The first-order valence-corrected chi connectivity index (χ1v) is 4.93. The van der Waals surface area contributed by atoms with Crippen molar-refractivity contribution in [2.45, 2.75) is 26.4 Å². The van der Waals surface area contributed by atoms with E-state index in [4.69, 9.17) is 17.0 Å². The fraction of sp³-hybridized carbons (Fsp3) is 0.364. The van der Waals surface area contributed by atoms with Gasteiger partial charge >= 0.3 is 0 Å². The van der Waals surface area contributed by atoms with Gasteiger partial charge in [-0.3, -0.25) is 0 Å². The van der Waals surface area contributed by atoms with Crippen LogP contribution in [0.5, 0.6) is 0 Å². The summed E-state index contributed by atoms with van der Waals surface area (Å²) in [5.74, 6) is 0. The van der Waals surface area contributed by atoms with Gasteiger partial charge in [0.15, 0.2) is 0 Å². The summed E-state index contributed by atoms with van der Waals surface area (Å²) in [5.41, 5.74) is 0.695. The topological polar surface area (TPSA) is 21.3 Å². The van der Waals surface area contributed by atoms with E-state index in [0.717, 1.165) is 5.69 Å². The Morgan fingerprint density at radius 2 is 1.79 bits per heavy atom. The third kappa shape index (κ3) is 4.23. The van der Waals surface area contributed by atoms with Crippen LogP contribution in [-0.2, 0) is 4.74 Å². The van der Waals surface area contributed by atoms with Crippen molar-refractivity contribution in [3.63, 3.8) is 0 Å². The first-order chi connectivity index (χ1) is 6.47. The Labute approximate surface area is 90.3 Å². The van der Waals surface area contributed by atoms with Crippen molar-refractivity contribution in [2.24, 2.45) is 0 Å². The maximum atomic E-state index is 5.46. The standard InChI is InChI=1S/C11H15NOS/c1-11(2,3)13-10(14)12-9-7-5-4-6-8-9/h4-8H,1-3H3,(H,12,14). The van der Waals surface area contributed by atoms with Gasteiger partial charge < -0.3 is 10.1 Å². The van der Waals surface area contributed by atoms with Crippen LogP contribution in [0.25, 0.3) is 0 Å². The molecule has 0 saturated carbocycles. The number of para-hydroxylation sites is 1. The zero-order valence-electron chi connectivity index (χ0n) is 8.70. The average Bonchev–Trinajstić information content (AvgIpc) is 2.02. The molecule has 1 aromatic rings. The largest absolute Gasteiger partial charge is 0.465 e. The molecule has 0 atom stereocenters. The molecule has 1 aromatic carbocycles. The number of hydrogen-bond acceptors (Lipinski definition) is 2. The molecule has 0 aliphatic rings. The summed E-state index contributed by atoms with van der Waals surface area (Å²) in [4.78, 5) is 0. The van der Waals surface area contributed by atoms with Gasteiger partial charge in [-0.2, -0.15) is 0 Å². The van der Waals surface area contributed by atoms with Crippen LogP contribution in [0.3, 0.4) is 0 Å². The molecule has 0 unspecified atom stereocenters. The smallest absolute Gasteiger partial charge is 0.261 e. The fourth-order valence-electron chi connectivity index (χ4n) is 0.943. The molecule has 0 amide bonds. The van der Waals surface area contributed by atoms with Crippen molar-refractivity contribution >= 4 is 23.1 Å². The molecule has 0 fully saturated rings. The summed E-state index contributed by atoms with van der Waals surface area (Å²) in [6.45, 7) is 5.89. The van der Waals surface area contributed by atoms with Crippen LogP contribution in [0.1, 0.15) is 20.8 Å². The second-order valence-corrected chi connectivity index (χ2v) is 4.36. The minimum absolute atomic E-state index is 0.251. The van der Waals surface area contributed by atoms with Gasteiger partial charge in [0.25, 0.3) is 5.17 Å². The molecule has 0 aromatic heterocycles. The molecule has 0 aliphatic heterocycles. The van der Waals surface area contributed by atoms with E-state index in [-0.39, 0.29) is 5.60 Å². The molecule has 0 aliphatic carbocycles. The average molecular weight is 209 g/mol. The number of benzene rings is 1. The van der Waals surface area contributed by atoms with Crippen LogP contribution in [0, 0.1) is 0 Å². The van der Waals surface area contributed by atoms with Crippen molar-refractivity contribution in [1.82, 2.24) is 0 Å². The van der Waals surface area contributed by atoms with E-state index >= 15 is 0 Å². The van der Waals surface area contributed by atoms with E-state index in [1.165, 1.54) is 0 Å². The van der Waals surface area contributed by atoms with E-state index in [1.54, 1.807) is 0 Å². The lowest BCUT2D eigenvalue weighted by Gasteiger charge is -2.21. The highest BCUT2D eigenvalue weighted by molar-refractivity contribution is 7.80. The number of hydrogen-bond donors (Lipinski definition) is 1. The maximum Gasteiger partial charge on any atom is 0.261 e. The maximum absolute atomic E-state index is 5.46. The second kappa shape index (κ2) is 4.42. The molecule has 14 heavy (non-hydrogen) atoms. The van der Waals surface area contributed by atoms with E-state index < -0.39 is 0 Å². The van der Waals surface area contributed by atoms with E-state index in [1.807, 2.05) is 51.1 Å². The predicted molar refractivity (Wildman–Crippen MR) is 63.5 cm³/mol. The SMILES string of the molecule is CC(C)(C)OC(=S)Nc1ccccc1. The van der Waals surface area contributed by atoms with Gasteiger partial charge in [-0.25, -0.2) is 0 Å². The van der Waals surface area contributed by atoms with Crippen LogP contribution in [0.15, 0.2) is 30.3 Å². The quantitative estimate of drug-likeness (QED) is 0.718. The van der Waals surface area contributed by atoms with Gasteiger partial charge in [0.1, 0.15) is 5.60 Å². The number of nitrogens with one attached hydrogen (secondary N) is 1. The monoisotopic (exact) mass is 209 g/mol.